The van der Waals surface area contributed by atoms with Crippen molar-refractivity contribution in [1.29, 1.82) is 0 Å². The molecule has 0 spiro atoms. The number of hydrogen-bond acceptors (Lipinski definition) is 3. The van der Waals surface area contributed by atoms with E-state index in [1.807, 2.05) is 0 Å². The second kappa shape index (κ2) is 7.56. The molecule has 1 unspecified atom stereocenters. The lowest BCUT2D eigenvalue weighted by atomic mass is 9.95. The SMILES string of the molecule is COCC(=O)N1CCCC(C(=O)NC2(Cc3cccc(C)c3)CC2)C1. The summed E-state index contributed by atoms with van der Waals surface area (Å²) in [6, 6.07) is 8.49. The van der Waals surface area contributed by atoms with Crippen LogP contribution in [0, 0.1) is 12.8 Å². The van der Waals surface area contributed by atoms with Crippen molar-refractivity contribution in [2.45, 2.75) is 44.6 Å². The zero-order valence-electron chi connectivity index (χ0n) is 15.2. The first kappa shape index (κ1) is 17.9. The minimum Gasteiger partial charge on any atom is -0.375 e. The summed E-state index contributed by atoms with van der Waals surface area (Å²) in [4.78, 5) is 26.5. The summed E-state index contributed by atoms with van der Waals surface area (Å²) in [5, 5.41) is 3.29. The number of aryl methyl sites for hydroxylation is 1. The maximum absolute atomic E-state index is 12.8. The Labute approximate surface area is 149 Å². The number of benzene rings is 1. The van der Waals surface area contributed by atoms with Gasteiger partial charge in [-0.05, 0) is 44.6 Å². The Balaban J connectivity index is 1.57. The standard InChI is InChI=1S/C20H28N2O3/c1-15-5-3-6-16(11-15)12-20(8-9-20)21-19(24)17-7-4-10-22(13-17)18(23)14-25-2/h3,5-6,11,17H,4,7-10,12-14H2,1-2H3,(H,21,24). The Morgan fingerprint density at radius 3 is 2.84 bits per heavy atom. The molecular weight excluding hydrogens is 316 g/mol. The second-order valence-electron chi connectivity index (χ2n) is 7.55. The quantitative estimate of drug-likeness (QED) is 0.859. The summed E-state index contributed by atoms with van der Waals surface area (Å²) >= 11 is 0. The molecule has 1 saturated heterocycles. The first-order valence-electron chi connectivity index (χ1n) is 9.16. The van der Waals surface area contributed by atoms with Crippen molar-refractivity contribution in [3.05, 3.63) is 35.4 Å². The summed E-state index contributed by atoms with van der Waals surface area (Å²) in [7, 11) is 1.52. The number of methoxy groups -OCH3 is 1. The molecule has 1 aliphatic heterocycles. The number of hydrogen-bond donors (Lipinski definition) is 1. The molecule has 0 aromatic heterocycles. The highest BCUT2D eigenvalue weighted by Crippen LogP contribution is 2.39. The van der Waals surface area contributed by atoms with Crippen LogP contribution in [0.3, 0.4) is 0 Å². The molecule has 3 rings (SSSR count). The van der Waals surface area contributed by atoms with Gasteiger partial charge in [-0.2, -0.15) is 0 Å². The van der Waals surface area contributed by atoms with Gasteiger partial charge in [0.1, 0.15) is 6.61 Å². The van der Waals surface area contributed by atoms with Gasteiger partial charge in [-0.1, -0.05) is 29.8 Å². The van der Waals surface area contributed by atoms with Crippen molar-refractivity contribution in [1.82, 2.24) is 10.2 Å². The molecule has 1 aromatic rings. The van der Waals surface area contributed by atoms with Gasteiger partial charge in [-0.3, -0.25) is 9.59 Å². The average molecular weight is 344 g/mol. The van der Waals surface area contributed by atoms with Gasteiger partial charge in [-0.15, -0.1) is 0 Å². The van der Waals surface area contributed by atoms with E-state index in [1.165, 1.54) is 18.2 Å². The monoisotopic (exact) mass is 344 g/mol. The van der Waals surface area contributed by atoms with Gasteiger partial charge in [0.15, 0.2) is 0 Å². The fraction of sp³-hybridized carbons (Fsp3) is 0.600. The number of nitrogens with zero attached hydrogens (tertiary/aromatic N) is 1. The molecule has 5 nitrogen and oxygen atoms in total. The lowest BCUT2D eigenvalue weighted by molar-refractivity contribution is -0.139. The van der Waals surface area contributed by atoms with Crippen LogP contribution < -0.4 is 5.32 Å². The third kappa shape index (κ3) is 4.60. The number of rotatable bonds is 6. The van der Waals surface area contributed by atoms with Crippen LogP contribution in [0.5, 0.6) is 0 Å². The average Bonchev–Trinajstić information content (AvgIpc) is 3.34. The highest BCUT2D eigenvalue weighted by Gasteiger charge is 2.45. The van der Waals surface area contributed by atoms with Crippen molar-refractivity contribution < 1.29 is 14.3 Å². The summed E-state index contributed by atoms with van der Waals surface area (Å²) in [6.07, 6.45) is 4.68. The Morgan fingerprint density at radius 2 is 2.16 bits per heavy atom. The topological polar surface area (TPSA) is 58.6 Å². The van der Waals surface area contributed by atoms with Gasteiger partial charge in [0.25, 0.3) is 0 Å². The second-order valence-corrected chi connectivity index (χ2v) is 7.55. The molecular formula is C20H28N2O3. The van der Waals surface area contributed by atoms with Gasteiger partial charge < -0.3 is 15.0 Å². The number of piperidine rings is 1. The fourth-order valence-electron chi connectivity index (χ4n) is 3.71. The van der Waals surface area contributed by atoms with E-state index in [4.69, 9.17) is 4.74 Å². The van der Waals surface area contributed by atoms with Gasteiger partial charge >= 0.3 is 0 Å². The van der Waals surface area contributed by atoms with Gasteiger partial charge in [0.2, 0.25) is 11.8 Å². The molecule has 1 aliphatic carbocycles. The lowest BCUT2D eigenvalue weighted by Crippen LogP contribution is -2.49. The van der Waals surface area contributed by atoms with E-state index >= 15 is 0 Å². The van der Waals surface area contributed by atoms with Crippen LogP contribution in [0.4, 0.5) is 0 Å². The van der Waals surface area contributed by atoms with Crippen LogP contribution in [0.15, 0.2) is 24.3 Å². The van der Waals surface area contributed by atoms with Gasteiger partial charge in [-0.25, -0.2) is 0 Å². The van der Waals surface area contributed by atoms with Crippen molar-refractivity contribution >= 4 is 11.8 Å². The molecule has 136 valence electrons. The number of ether oxygens (including phenoxy) is 1. The van der Waals surface area contributed by atoms with E-state index in [0.29, 0.717) is 6.54 Å². The summed E-state index contributed by atoms with van der Waals surface area (Å²) in [6.45, 7) is 3.41. The zero-order valence-corrected chi connectivity index (χ0v) is 15.2. The third-order valence-electron chi connectivity index (χ3n) is 5.28. The molecule has 25 heavy (non-hydrogen) atoms. The Bertz CT molecular complexity index is 640. The first-order chi connectivity index (χ1) is 12.0. The van der Waals surface area contributed by atoms with Crippen LogP contribution in [0.1, 0.15) is 36.8 Å². The van der Waals surface area contributed by atoms with Gasteiger partial charge in [0, 0.05) is 25.7 Å². The maximum Gasteiger partial charge on any atom is 0.248 e. The molecule has 1 N–H and O–H groups in total. The molecule has 1 atom stereocenters. The minimum absolute atomic E-state index is 0.0269. The van der Waals surface area contributed by atoms with Crippen LogP contribution in [-0.4, -0.2) is 49.1 Å². The van der Waals surface area contributed by atoms with E-state index < -0.39 is 0 Å². The van der Waals surface area contributed by atoms with Crippen molar-refractivity contribution in [2.75, 3.05) is 26.8 Å². The van der Waals surface area contributed by atoms with Crippen molar-refractivity contribution in [2.24, 2.45) is 5.92 Å². The lowest BCUT2D eigenvalue weighted by Gasteiger charge is -2.33. The van der Waals surface area contributed by atoms with Crippen molar-refractivity contribution in [3.8, 4) is 0 Å². The zero-order chi connectivity index (χ0) is 17.9. The maximum atomic E-state index is 12.8. The predicted molar refractivity (Wildman–Crippen MR) is 96.2 cm³/mol. The Hall–Kier alpha value is -1.88. The highest BCUT2D eigenvalue weighted by atomic mass is 16.5. The van der Waals surface area contributed by atoms with Crippen LogP contribution in [-0.2, 0) is 20.7 Å². The van der Waals surface area contributed by atoms with Gasteiger partial charge in [0.05, 0.1) is 5.92 Å². The van der Waals surface area contributed by atoms with E-state index in [9.17, 15) is 9.59 Å². The van der Waals surface area contributed by atoms with E-state index in [0.717, 1.165) is 38.6 Å². The molecule has 1 heterocycles. The molecule has 0 bridgehead atoms. The highest BCUT2D eigenvalue weighted by molar-refractivity contribution is 5.82. The number of amides is 2. The number of likely N-dealkylation sites (tertiary alicyclic amines) is 1. The van der Waals surface area contributed by atoms with Crippen LogP contribution >= 0.6 is 0 Å². The predicted octanol–water partition coefficient (Wildman–Crippen LogP) is 2.07. The van der Waals surface area contributed by atoms with E-state index in [-0.39, 0.29) is 29.9 Å². The third-order valence-corrected chi connectivity index (χ3v) is 5.28. The first-order valence-corrected chi connectivity index (χ1v) is 9.16. The normalized spacial score (nSPS) is 21.7. The molecule has 2 aliphatic rings. The fourth-order valence-corrected chi connectivity index (χ4v) is 3.71. The Morgan fingerprint density at radius 1 is 1.36 bits per heavy atom. The number of carbonyl (C=O) groups excluding carboxylic acids is 2. The summed E-state index contributed by atoms with van der Waals surface area (Å²) in [5.74, 6) is -0.0366. The molecule has 0 radical (unpaired) electrons. The molecule has 2 fully saturated rings. The van der Waals surface area contributed by atoms with E-state index in [1.54, 1.807) is 4.90 Å². The number of carbonyl (C=O) groups is 2. The van der Waals surface area contributed by atoms with Crippen LogP contribution in [0.25, 0.3) is 0 Å². The van der Waals surface area contributed by atoms with Crippen molar-refractivity contribution in [3.63, 3.8) is 0 Å². The summed E-state index contributed by atoms with van der Waals surface area (Å²) in [5.41, 5.74) is 2.45. The van der Waals surface area contributed by atoms with E-state index in [2.05, 4.69) is 36.5 Å². The molecule has 5 heteroatoms. The minimum atomic E-state index is -0.107. The molecule has 1 aromatic carbocycles. The molecule has 2 amide bonds. The smallest absolute Gasteiger partial charge is 0.248 e. The van der Waals surface area contributed by atoms with Crippen LogP contribution in [0.2, 0.25) is 0 Å². The number of nitrogens with one attached hydrogen (secondary N) is 1. The Kier molecular flexibility index (Phi) is 5.42. The summed E-state index contributed by atoms with van der Waals surface area (Å²) < 4.78 is 4.93. The largest absolute Gasteiger partial charge is 0.375 e. The molecule has 1 saturated carbocycles.